The average molecular weight is 260 g/mol. The second-order valence-electron chi connectivity index (χ2n) is 3.46. The maximum Gasteiger partial charge on any atom is 0.573 e. The van der Waals surface area contributed by atoms with Crippen molar-refractivity contribution >= 4 is 17.6 Å². The molecule has 1 fully saturated rings. The molecular weight excluding hydrogens is 253 g/mol. The Hall–Kier alpha value is -2.25. The summed E-state index contributed by atoms with van der Waals surface area (Å²) in [5.41, 5.74) is -0.113. The molecule has 1 N–H and O–H groups in total. The number of alkyl halides is 3. The van der Waals surface area contributed by atoms with Gasteiger partial charge >= 0.3 is 12.4 Å². The topological polar surface area (TPSA) is 58.6 Å². The van der Waals surface area contributed by atoms with Crippen LogP contribution in [-0.4, -0.2) is 24.8 Å². The van der Waals surface area contributed by atoms with E-state index in [2.05, 4.69) is 4.74 Å². The fraction of sp³-hybridized carbons (Fsp3) is 0.200. The summed E-state index contributed by atoms with van der Waals surface area (Å²) >= 11 is 0. The molecule has 1 heterocycles. The van der Waals surface area contributed by atoms with Crippen LogP contribution in [0, 0.1) is 0 Å². The highest BCUT2D eigenvalue weighted by Gasteiger charge is 2.35. The Kier molecular flexibility index (Phi) is 2.85. The van der Waals surface area contributed by atoms with Crippen molar-refractivity contribution in [3.05, 3.63) is 24.3 Å². The van der Waals surface area contributed by atoms with Crippen LogP contribution in [-0.2, 0) is 4.79 Å². The first-order valence-electron chi connectivity index (χ1n) is 4.83. The first-order chi connectivity index (χ1) is 8.37. The third-order valence-electron chi connectivity index (χ3n) is 2.17. The van der Waals surface area contributed by atoms with Crippen molar-refractivity contribution in [1.29, 1.82) is 0 Å². The molecule has 0 spiro atoms. The van der Waals surface area contributed by atoms with Crippen molar-refractivity contribution < 1.29 is 27.5 Å². The lowest BCUT2D eigenvalue weighted by Gasteiger charge is -2.18. The van der Waals surface area contributed by atoms with Crippen LogP contribution in [0.15, 0.2) is 24.3 Å². The number of nitrogens with zero attached hydrogens (tertiary/aromatic N) is 1. The van der Waals surface area contributed by atoms with Crippen LogP contribution < -0.4 is 15.0 Å². The Morgan fingerprint density at radius 3 is 2.44 bits per heavy atom. The Balaban J connectivity index is 2.33. The molecule has 3 amide bonds. The molecule has 18 heavy (non-hydrogen) atoms. The predicted octanol–water partition coefficient (Wildman–Crippen LogP) is 1.64. The fourth-order valence-electron chi connectivity index (χ4n) is 1.53. The molecule has 0 bridgehead atoms. The molecule has 0 aliphatic carbocycles. The van der Waals surface area contributed by atoms with E-state index in [1.807, 2.05) is 5.32 Å². The minimum atomic E-state index is -4.86. The first-order valence-corrected chi connectivity index (χ1v) is 4.83. The molecule has 1 aliphatic heterocycles. The lowest BCUT2D eigenvalue weighted by atomic mass is 10.2. The summed E-state index contributed by atoms with van der Waals surface area (Å²) < 4.78 is 40.3. The number of amides is 3. The second-order valence-corrected chi connectivity index (χ2v) is 3.46. The number of halogens is 3. The highest BCUT2D eigenvalue weighted by molar-refractivity contribution is 6.12. The van der Waals surface area contributed by atoms with Crippen LogP contribution >= 0.6 is 0 Å². The van der Waals surface area contributed by atoms with Gasteiger partial charge in [-0.2, -0.15) is 0 Å². The number of benzene rings is 1. The third-order valence-corrected chi connectivity index (χ3v) is 2.17. The van der Waals surface area contributed by atoms with E-state index in [1.165, 1.54) is 18.2 Å². The molecule has 0 atom stereocenters. The Morgan fingerprint density at radius 2 is 1.89 bits per heavy atom. The molecule has 8 heteroatoms. The predicted molar refractivity (Wildman–Crippen MR) is 54.0 cm³/mol. The van der Waals surface area contributed by atoms with Gasteiger partial charge in [0.25, 0.3) is 0 Å². The number of hydrogen-bond donors (Lipinski definition) is 1. The maximum absolute atomic E-state index is 12.2. The molecule has 2 rings (SSSR count). The molecular formula is C10H7F3N2O3. The van der Waals surface area contributed by atoms with Gasteiger partial charge in [-0.05, 0) is 12.1 Å². The number of nitrogens with one attached hydrogen (secondary N) is 1. The molecule has 5 nitrogen and oxygen atoms in total. The summed E-state index contributed by atoms with van der Waals surface area (Å²) in [6.45, 7) is -0.336. The molecule has 1 aromatic carbocycles. The van der Waals surface area contributed by atoms with E-state index in [4.69, 9.17) is 0 Å². The highest BCUT2D eigenvalue weighted by Crippen LogP contribution is 2.33. The van der Waals surface area contributed by atoms with Gasteiger partial charge in [0.15, 0.2) is 5.75 Å². The van der Waals surface area contributed by atoms with Gasteiger partial charge in [0.05, 0.1) is 5.69 Å². The van der Waals surface area contributed by atoms with Gasteiger partial charge in [-0.1, -0.05) is 12.1 Å². The minimum absolute atomic E-state index is 0.113. The van der Waals surface area contributed by atoms with E-state index in [1.54, 1.807) is 0 Å². The summed E-state index contributed by atoms with van der Waals surface area (Å²) in [5.74, 6) is -1.11. The Labute approximate surface area is 99.1 Å². The summed E-state index contributed by atoms with van der Waals surface area (Å²) in [6, 6.07) is 4.32. The summed E-state index contributed by atoms with van der Waals surface area (Å²) in [5, 5.41) is 1.97. The second kappa shape index (κ2) is 4.21. The van der Waals surface area contributed by atoms with Gasteiger partial charge < -0.3 is 4.74 Å². The quantitative estimate of drug-likeness (QED) is 0.822. The zero-order valence-electron chi connectivity index (χ0n) is 8.82. The van der Waals surface area contributed by atoms with Crippen LogP contribution in [0.3, 0.4) is 0 Å². The molecule has 96 valence electrons. The number of ether oxygens (including phenoxy) is 1. The summed E-state index contributed by atoms with van der Waals surface area (Å²) in [4.78, 5) is 23.2. The third kappa shape index (κ3) is 2.53. The van der Waals surface area contributed by atoms with Gasteiger partial charge in [-0.25, -0.2) is 4.79 Å². The van der Waals surface area contributed by atoms with Crippen LogP contribution in [0.4, 0.5) is 23.7 Å². The molecule has 1 saturated heterocycles. The Morgan fingerprint density at radius 1 is 1.22 bits per heavy atom. The van der Waals surface area contributed by atoms with Gasteiger partial charge in [-0.15, -0.1) is 13.2 Å². The zero-order valence-corrected chi connectivity index (χ0v) is 8.82. The average Bonchev–Trinajstić information content (AvgIpc) is 2.56. The number of para-hydroxylation sites is 2. The fourth-order valence-corrected chi connectivity index (χ4v) is 1.53. The van der Waals surface area contributed by atoms with E-state index in [-0.39, 0.29) is 12.2 Å². The number of carbonyl (C=O) groups is 2. The zero-order chi connectivity index (χ0) is 13.3. The van der Waals surface area contributed by atoms with E-state index < -0.39 is 24.1 Å². The molecule has 0 aromatic heterocycles. The van der Waals surface area contributed by atoms with E-state index in [0.29, 0.717) is 0 Å². The molecule has 0 radical (unpaired) electrons. The van der Waals surface area contributed by atoms with E-state index in [0.717, 1.165) is 11.0 Å². The molecule has 0 unspecified atom stereocenters. The number of imide groups is 1. The van der Waals surface area contributed by atoms with Gasteiger partial charge in [-0.3, -0.25) is 15.0 Å². The molecule has 1 aliphatic rings. The maximum atomic E-state index is 12.2. The van der Waals surface area contributed by atoms with Crippen LogP contribution in [0.5, 0.6) is 5.75 Å². The number of anilines is 1. The van der Waals surface area contributed by atoms with Crippen LogP contribution in [0.2, 0.25) is 0 Å². The lowest BCUT2D eigenvalue weighted by Crippen LogP contribution is -2.29. The van der Waals surface area contributed by atoms with Crippen molar-refractivity contribution in [2.75, 3.05) is 11.4 Å². The number of carbonyl (C=O) groups excluding carboxylic acids is 2. The van der Waals surface area contributed by atoms with Crippen LogP contribution in [0.25, 0.3) is 0 Å². The first kappa shape index (κ1) is 12.2. The van der Waals surface area contributed by atoms with Gasteiger partial charge in [0, 0.05) is 0 Å². The molecule has 0 saturated carbocycles. The monoisotopic (exact) mass is 260 g/mol. The standard InChI is InChI=1S/C10H7F3N2O3/c11-10(12,13)18-7-4-2-1-3-6(7)15-5-8(16)14-9(15)17/h1-4H,5H2,(H,14,16,17). The largest absolute Gasteiger partial charge is 0.573 e. The van der Waals surface area contributed by atoms with Crippen molar-refractivity contribution in [2.45, 2.75) is 6.36 Å². The number of hydrogen-bond acceptors (Lipinski definition) is 3. The van der Waals surface area contributed by atoms with Gasteiger partial charge in [0.2, 0.25) is 5.91 Å². The smallest absolute Gasteiger partial charge is 0.404 e. The number of urea groups is 1. The van der Waals surface area contributed by atoms with Crippen molar-refractivity contribution in [3.8, 4) is 5.75 Å². The minimum Gasteiger partial charge on any atom is -0.404 e. The van der Waals surface area contributed by atoms with Crippen LogP contribution in [0.1, 0.15) is 0 Å². The Bertz CT molecular complexity index is 501. The van der Waals surface area contributed by atoms with Crippen molar-refractivity contribution in [3.63, 3.8) is 0 Å². The number of rotatable bonds is 2. The lowest BCUT2D eigenvalue weighted by molar-refractivity contribution is -0.274. The molecule has 1 aromatic rings. The van der Waals surface area contributed by atoms with Gasteiger partial charge in [0.1, 0.15) is 6.54 Å². The van der Waals surface area contributed by atoms with E-state index >= 15 is 0 Å². The van der Waals surface area contributed by atoms with E-state index in [9.17, 15) is 22.8 Å². The summed E-state index contributed by atoms with van der Waals surface area (Å²) in [7, 11) is 0. The SMILES string of the molecule is O=C1CN(c2ccccc2OC(F)(F)F)C(=O)N1. The van der Waals surface area contributed by atoms with Crippen molar-refractivity contribution in [1.82, 2.24) is 5.32 Å². The summed E-state index contributed by atoms with van der Waals surface area (Å²) in [6.07, 6.45) is -4.86. The highest BCUT2D eigenvalue weighted by atomic mass is 19.4. The van der Waals surface area contributed by atoms with Crippen molar-refractivity contribution in [2.24, 2.45) is 0 Å². The normalized spacial score (nSPS) is 15.8.